The summed E-state index contributed by atoms with van der Waals surface area (Å²) in [6, 6.07) is 12.8. The van der Waals surface area contributed by atoms with Crippen LogP contribution in [-0.2, 0) is 6.42 Å². The Labute approximate surface area is 157 Å². The van der Waals surface area contributed by atoms with Crippen molar-refractivity contribution in [1.29, 1.82) is 0 Å². The molecule has 1 heterocycles. The van der Waals surface area contributed by atoms with E-state index in [0.29, 0.717) is 41.7 Å². The second-order valence-electron chi connectivity index (χ2n) is 5.90. The molecule has 7 heteroatoms. The second-order valence-corrected chi connectivity index (χ2v) is 5.90. The maximum absolute atomic E-state index is 12.3. The molecule has 140 valence electrons. The zero-order valence-corrected chi connectivity index (χ0v) is 15.5. The molecular weight excluding hydrogens is 346 g/mol. The van der Waals surface area contributed by atoms with Crippen LogP contribution in [0.2, 0.25) is 0 Å². The van der Waals surface area contributed by atoms with Crippen molar-refractivity contribution in [3.63, 3.8) is 0 Å². The van der Waals surface area contributed by atoms with Gasteiger partial charge in [-0.1, -0.05) is 29.4 Å². The molecule has 1 aromatic heterocycles. The Balaban J connectivity index is 1.59. The van der Waals surface area contributed by atoms with E-state index in [4.69, 9.17) is 14.0 Å². The molecule has 27 heavy (non-hydrogen) atoms. The number of rotatable bonds is 7. The summed E-state index contributed by atoms with van der Waals surface area (Å²) in [6.07, 6.45) is 0.442. The van der Waals surface area contributed by atoms with Crippen LogP contribution in [0.3, 0.4) is 0 Å². The lowest BCUT2D eigenvalue weighted by molar-refractivity contribution is 0.0953. The average Bonchev–Trinajstić information content (AvgIpc) is 3.16. The Morgan fingerprint density at radius 3 is 2.63 bits per heavy atom. The number of aromatic nitrogens is 2. The third-order valence-electron chi connectivity index (χ3n) is 4.12. The maximum atomic E-state index is 12.3. The molecule has 0 unspecified atom stereocenters. The van der Waals surface area contributed by atoms with Crippen molar-refractivity contribution in [1.82, 2.24) is 15.5 Å². The summed E-state index contributed by atoms with van der Waals surface area (Å²) >= 11 is 0. The summed E-state index contributed by atoms with van der Waals surface area (Å²) in [5.74, 6) is 1.89. The van der Waals surface area contributed by atoms with Crippen LogP contribution in [0.5, 0.6) is 11.5 Å². The Bertz CT molecular complexity index is 936. The van der Waals surface area contributed by atoms with Crippen molar-refractivity contribution in [2.24, 2.45) is 0 Å². The molecule has 1 N–H and O–H groups in total. The number of carbonyl (C=O) groups is 1. The highest BCUT2D eigenvalue weighted by atomic mass is 16.5. The zero-order valence-electron chi connectivity index (χ0n) is 15.5. The molecule has 0 atom stereocenters. The first kappa shape index (κ1) is 18.4. The Morgan fingerprint density at radius 2 is 1.89 bits per heavy atom. The van der Waals surface area contributed by atoms with Crippen LogP contribution in [0, 0.1) is 6.92 Å². The predicted molar refractivity (Wildman–Crippen MR) is 100 cm³/mol. The molecule has 0 fully saturated rings. The van der Waals surface area contributed by atoms with Crippen LogP contribution in [0.4, 0.5) is 0 Å². The lowest BCUT2D eigenvalue weighted by atomic mass is 10.1. The van der Waals surface area contributed by atoms with Gasteiger partial charge >= 0.3 is 0 Å². The topological polar surface area (TPSA) is 86.5 Å². The van der Waals surface area contributed by atoms with E-state index in [1.165, 1.54) is 7.11 Å². The van der Waals surface area contributed by atoms with Gasteiger partial charge in [-0.25, -0.2) is 0 Å². The lowest BCUT2D eigenvalue weighted by Gasteiger charge is -2.09. The van der Waals surface area contributed by atoms with Crippen molar-refractivity contribution in [2.75, 3.05) is 20.8 Å². The standard InChI is InChI=1S/C20H21N3O4/c1-13-6-4-5-7-15(13)19-22-18(27-23-19)10-11-21-20(24)14-8-9-16(25-2)17(12-14)26-3/h4-9,12H,10-11H2,1-3H3,(H,21,24). The number of hydrogen-bond donors (Lipinski definition) is 1. The largest absolute Gasteiger partial charge is 0.493 e. The molecule has 7 nitrogen and oxygen atoms in total. The van der Waals surface area contributed by atoms with Crippen LogP contribution < -0.4 is 14.8 Å². The van der Waals surface area contributed by atoms with E-state index in [1.807, 2.05) is 31.2 Å². The highest BCUT2D eigenvalue weighted by Gasteiger charge is 2.13. The fraction of sp³-hybridized carbons (Fsp3) is 0.250. The second kappa shape index (κ2) is 8.35. The van der Waals surface area contributed by atoms with Crippen molar-refractivity contribution >= 4 is 5.91 Å². The third kappa shape index (κ3) is 4.25. The molecule has 0 radical (unpaired) electrons. The molecule has 2 aromatic carbocycles. The number of amides is 1. The van der Waals surface area contributed by atoms with Gasteiger partial charge in [-0.15, -0.1) is 0 Å². The zero-order chi connectivity index (χ0) is 19.2. The number of aryl methyl sites for hydroxylation is 1. The minimum Gasteiger partial charge on any atom is -0.493 e. The van der Waals surface area contributed by atoms with Gasteiger partial charge in [0.25, 0.3) is 5.91 Å². The summed E-state index contributed by atoms with van der Waals surface area (Å²) in [5.41, 5.74) is 2.49. The molecule has 0 aliphatic carbocycles. The highest BCUT2D eigenvalue weighted by molar-refractivity contribution is 5.94. The van der Waals surface area contributed by atoms with Crippen LogP contribution in [-0.4, -0.2) is 36.8 Å². The van der Waals surface area contributed by atoms with E-state index < -0.39 is 0 Å². The van der Waals surface area contributed by atoms with Crippen LogP contribution in [0.15, 0.2) is 47.0 Å². The summed E-state index contributed by atoms with van der Waals surface area (Å²) in [5, 5.41) is 6.85. The minimum atomic E-state index is -0.213. The van der Waals surface area contributed by atoms with Gasteiger partial charge < -0.3 is 19.3 Å². The van der Waals surface area contributed by atoms with Crippen molar-refractivity contribution in [3.8, 4) is 22.9 Å². The first-order valence-corrected chi connectivity index (χ1v) is 8.51. The molecule has 0 saturated heterocycles. The smallest absolute Gasteiger partial charge is 0.251 e. The first-order valence-electron chi connectivity index (χ1n) is 8.51. The molecule has 3 rings (SSSR count). The van der Waals surface area contributed by atoms with E-state index >= 15 is 0 Å². The monoisotopic (exact) mass is 367 g/mol. The SMILES string of the molecule is COc1ccc(C(=O)NCCc2nc(-c3ccccc3C)no2)cc1OC. The normalized spacial score (nSPS) is 10.5. The van der Waals surface area contributed by atoms with Crippen molar-refractivity contribution < 1.29 is 18.8 Å². The molecule has 0 spiro atoms. The fourth-order valence-corrected chi connectivity index (χ4v) is 2.65. The Hall–Kier alpha value is -3.35. The lowest BCUT2D eigenvalue weighted by Crippen LogP contribution is -2.25. The van der Waals surface area contributed by atoms with Gasteiger partial charge in [0.05, 0.1) is 14.2 Å². The summed E-state index contributed by atoms with van der Waals surface area (Å²) in [4.78, 5) is 16.7. The van der Waals surface area contributed by atoms with Gasteiger partial charge in [0.1, 0.15) is 0 Å². The molecule has 0 aliphatic heterocycles. The molecule has 0 bridgehead atoms. The minimum absolute atomic E-state index is 0.213. The number of carbonyl (C=O) groups excluding carboxylic acids is 1. The van der Waals surface area contributed by atoms with Gasteiger partial charge in [-0.3, -0.25) is 4.79 Å². The fourth-order valence-electron chi connectivity index (χ4n) is 2.65. The summed E-state index contributed by atoms with van der Waals surface area (Å²) < 4.78 is 15.7. The van der Waals surface area contributed by atoms with E-state index in [-0.39, 0.29) is 5.91 Å². The number of ether oxygens (including phenoxy) is 2. The Morgan fingerprint density at radius 1 is 1.11 bits per heavy atom. The number of nitrogens with one attached hydrogen (secondary N) is 1. The van der Waals surface area contributed by atoms with E-state index in [9.17, 15) is 4.79 Å². The van der Waals surface area contributed by atoms with Crippen LogP contribution in [0.25, 0.3) is 11.4 Å². The number of nitrogens with zero attached hydrogens (tertiary/aromatic N) is 2. The van der Waals surface area contributed by atoms with Gasteiger partial charge in [0.2, 0.25) is 11.7 Å². The van der Waals surface area contributed by atoms with Crippen LogP contribution >= 0.6 is 0 Å². The van der Waals surface area contributed by atoms with E-state index in [2.05, 4.69) is 15.5 Å². The maximum Gasteiger partial charge on any atom is 0.251 e. The van der Waals surface area contributed by atoms with Gasteiger partial charge in [0, 0.05) is 24.1 Å². The molecular formula is C20H21N3O4. The van der Waals surface area contributed by atoms with Crippen LogP contribution in [0.1, 0.15) is 21.8 Å². The third-order valence-corrected chi connectivity index (χ3v) is 4.12. The number of hydrogen-bond acceptors (Lipinski definition) is 6. The van der Waals surface area contributed by atoms with E-state index in [1.54, 1.807) is 25.3 Å². The molecule has 0 saturated carbocycles. The molecule has 1 amide bonds. The molecule has 0 aliphatic rings. The van der Waals surface area contributed by atoms with Gasteiger partial charge in [-0.05, 0) is 30.7 Å². The summed E-state index contributed by atoms with van der Waals surface area (Å²) in [7, 11) is 3.08. The quantitative estimate of drug-likeness (QED) is 0.691. The van der Waals surface area contributed by atoms with Crippen molar-refractivity contribution in [3.05, 3.63) is 59.5 Å². The summed E-state index contributed by atoms with van der Waals surface area (Å²) in [6.45, 7) is 2.37. The van der Waals surface area contributed by atoms with E-state index in [0.717, 1.165) is 11.1 Å². The van der Waals surface area contributed by atoms with Gasteiger partial charge in [0.15, 0.2) is 11.5 Å². The predicted octanol–water partition coefficient (Wildman–Crippen LogP) is 3.03. The number of methoxy groups -OCH3 is 2. The van der Waals surface area contributed by atoms with Crippen molar-refractivity contribution in [2.45, 2.75) is 13.3 Å². The van der Waals surface area contributed by atoms with Gasteiger partial charge in [-0.2, -0.15) is 4.98 Å². The average molecular weight is 367 g/mol. The first-order chi connectivity index (χ1) is 13.1. The highest BCUT2D eigenvalue weighted by Crippen LogP contribution is 2.27. The number of benzene rings is 2. The Kier molecular flexibility index (Phi) is 5.71. The molecule has 3 aromatic rings.